The van der Waals surface area contributed by atoms with Crippen molar-refractivity contribution in [3.8, 4) is 23.0 Å². The maximum absolute atomic E-state index is 12.7. The summed E-state index contributed by atoms with van der Waals surface area (Å²) >= 11 is 0. The van der Waals surface area contributed by atoms with Gasteiger partial charge < -0.3 is 29.0 Å². The minimum atomic E-state index is -0.769. The van der Waals surface area contributed by atoms with Gasteiger partial charge in [0.1, 0.15) is 31.2 Å². The summed E-state index contributed by atoms with van der Waals surface area (Å²) in [6.45, 7) is 1.77. The van der Waals surface area contributed by atoms with Gasteiger partial charge in [0.2, 0.25) is 11.7 Å². The largest absolute Gasteiger partial charge is 0.496 e. The van der Waals surface area contributed by atoms with Crippen molar-refractivity contribution in [3.05, 3.63) is 48.0 Å². The Hall–Kier alpha value is -2.93. The number of methoxy groups -OCH3 is 1. The number of rotatable bonds is 6. The van der Waals surface area contributed by atoms with E-state index in [0.29, 0.717) is 56.3 Å². The number of ether oxygens (including phenoxy) is 4. The Kier molecular flexibility index (Phi) is 6.28. The molecule has 0 aliphatic carbocycles. The number of aliphatic hydroxyl groups is 1. The van der Waals surface area contributed by atoms with E-state index in [1.54, 1.807) is 12.0 Å². The van der Waals surface area contributed by atoms with Gasteiger partial charge in [0.15, 0.2) is 11.5 Å². The number of hydrogen-bond donors (Lipinski definition) is 1. The number of aryl methyl sites for hydroxylation is 1. The summed E-state index contributed by atoms with van der Waals surface area (Å²) < 4.78 is 22.7. The highest BCUT2D eigenvalue weighted by molar-refractivity contribution is 5.76. The predicted octanol–water partition coefficient (Wildman–Crippen LogP) is 2.44. The number of carbonyl (C=O) groups excluding carboxylic acids is 1. The minimum absolute atomic E-state index is 0.0206. The quantitative estimate of drug-likeness (QED) is 0.784. The Labute approximate surface area is 176 Å². The van der Waals surface area contributed by atoms with Crippen LogP contribution in [-0.4, -0.2) is 61.5 Å². The molecule has 2 aliphatic rings. The van der Waals surface area contributed by atoms with Crippen molar-refractivity contribution in [1.82, 2.24) is 4.90 Å². The molecule has 0 radical (unpaired) electrons. The molecule has 4 rings (SSSR count). The van der Waals surface area contributed by atoms with Crippen LogP contribution in [0.15, 0.2) is 42.5 Å². The van der Waals surface area contributed by atoms with Crippen molar-refractivity contribution in [1.29, 1.82) is 0 Å². The van der Waals surface area contributed by atoms with E-state index in [4.69, 9.17) is 18.9 Å². The number of hydrogen-bond acceptors (Lipinski definition) is 6. The van der Waals surface area contributed by atoms with Gasteiger partial charge in [-0.25, -0.2) is 0 Å². The lowest BCUT2D eigenvalue weighted by atomic mass is 10.0. The molecule has 0 aromatic heterocycles. The summed E-state index contributed by atoms with van der Waals surface area (Å²) in [6.07, 6.45) is 0.347. The highest BCUT2D eigenvalue weighted by Crippen LogP contribution is 2.40. The van der Waals surface area contributed by atoms with Gasteiger partial charge in [0, 0.05) is 19.4 Å². The second kappa shape index (κ2) is 9.26. The zero-order chi connectivity index (χ0) is 20.9. The lowest BCUT2D eigenvalue weighted by Crippen LogP contribution is -2.51. The third kappa shape index (κ3) is 4.46. The zero-order valence-electron chi connectivity index (χ0n) is 17.1. The van der Waals surface area contributed by atoms with Crippen LogP contribution in [0.3, 0.4) is 0 Å². The molecule has 7 heteroatoms. The van der Waals surface area contributed by atoms with Gasteiger partial charge >= 0.3 is 0 Å². The van der Waals surface area contributed by atoms with Crippen LogP contribution in [-0.2, 0) is 11.2 Å². The SMILES string of the molecule is COc1ccccc1CCC(=O)N1CC[C@@H](Oc2cccc3c2OCCO3)[C@H](O)C1. The highest BCUT2D eigenvalue weighted by Gasteiger charge is 2.32. The van der Waals surface area contributed by atoms with Crippen LogP contribution in [0.25, 0.3) is 0 Å². The molecule has 2 heterocycles. The summed E-state index contributed by atoms with van der Waals surface area (Å²) in [5.74, 6) is 2.60. The molecule has 2 aromatic rings. The molecule has 0 bridgehead atoms. The van der Waals surface area contributed by atoms with Gasteiger partial charge in [-0.3, -0.25) is 4.79 Å². The molecule has 2 aromatic carbocycles. The third-order valence-electron chi connectivity index (χ3n) is 5.48. The van der Waals surface area contributed by atoms with Crippen LogP contribution in [0.5, 0.6) is 23.0 Å². The predicted molar refractivity (Wildman–Crippen MR) is 110 cm³/mol. The number of piperidine rings is 1. The van der Waals surface area contributed by atoms with E-state index in [1.165, 1.54) is 0 Å². The number of fused-ring (bicyclic) bond motifs is 1. The van der Waals surface area contributed by atoms with E-state index >= 15 is 0 Å². The first-order chi connectivity index (χ1) is 14.7. The van der Waals surface area contributed by atoms with Gasteiger partial charge in [-0.2, -0.15) is 0 Å². The van der Waals surface area contributed by atoms with Crippen LogP contribution in [0.4, 0.5) is 0 Å². The Balaban J connectivity index is 1.32. The van der Waals surface area contributed by atoms with E-state index in [1.807, 2.05) is 42.5 Å². The van der Waals surface area contributed by atoms with E-state index < -0.39 is 12.2 Å². The van der Waals surface area contributed by atoms with E-state index in [9.17, 15) is 9.90 Å². The number of nitrogens with zero attached hydrogens (tertiary/aromatic N) is 1. The van der Waals surface area contributed by atoms with E-state index in [0.717, 1.165) is 11.3 Å². The van der Waals surface area contributed by atoms with Crippen LogP contribution in [0, 0.1) is 0 Å². The first-order valence-corrected chi connectivity index (χ1v) is 10.3. The monoisotopic (exact) mass is 413 g/mol. The van der Waals surface area contributed by atoms with Crippen molar-refractivity contribution in [3.63, 3.8) is 0 Å². The van der Waals surface area contributed by atoms with Gasteiger partial charge in [0.05, 0.1) is 13.7 Å². The first-order valence-electron chi connectivity index (χ1n) is 10.3. The molecule has 2 aliphatic heterocycles. The second-order valence-electron chi connectivity index (χ2n) is 7.44. The maximum atomic E-state index is 12.7. The molecular formula is C23H27NO6. The maximum Gasteiger partial charge on any atom is 0.222 e. The first kappa shape index (κ1) is 20.3. The Morgan fingerprint density at radius 3 is 2.77 bits per heavy atom. The number of carbonyl (C=O) groups is 1. The van der Waals surface area contributed by atoms with Crippen LogP contribution in [0.2, 0.25) is 0 Å². The van der Waals surface area contributed by atoms with Gasteiger partial charge in [-0.15, -0.1) is 0 Å². The zero-order valence-corrected chi connectivity index (χ0v) is 17.1. The van der Waals surface area contributed by atoms with Crippen molar-refractivity contribution < 1.29 is 28.8 Å². The minimum Gasteiger partial charge on any atom is -0.496 e. The molecule has 0 unspecified atom stereocenters. The summed E-state index contributed by atoms with van der Waals surface area (Å²) in [4.78, 5) is 14.4. The summed E-state index contributed by atoms with van der Waals surface area (Å²) in [6, 6.07) is 13.2. The molecule has 2 atom stereocenters. The standard InChI is InChI=1S/C23H27NO6/c1-27-18-6-3-2-5-16(18)9-10-22(26)24-12-11-19(17(25)15-24)30-21-8-4-7-20-23(21)29-14-13-28-20/h2-8,17,19,25H,9-15H2,1H3/t17-,19-/m1/s1. The molecule has 1 fully saturated rings. The normalized spacial score (nSPS) is 20.5. The molecule has 0 spiro atoms. The Morgan fingerprint density at radius 1 is 1.13 bits per heavy atom. The van der Waals surface area contributed by atoms with Crippen molar-refractivity contribution >= 4 is 5.91 Å². The number of likely N-dealkylation sites (tertiary alicyclic amines) is 1. The molecular weight excluding hydrogens is 386 g/mol. The third-order valence-corrected chi connectivity index (χ3v) is 5.48. The van der Waals surface area contributed by atoms with Gasteiger partial charge in [-0.1, -0.05) is 24.3 Å². The number of para-hydroxylation sites is 2. The molecule has 7 nitrogen and oxygen atoms in total. The Bertz CT molecular complexity index is 886. The molecule has 1 amide bonds. The van der Waals surface area contributed by atoms with E-state index in [-0.39, 0.29) is 12.5 Å². The fraction of sp³-hybridized carbons (Fsp3) is 0.435. The van der Waals surface area contributed by atoms with Gasteiger partial charge in [0.25, 0.3) is 0 Å². The summed E-state index contributed by atoms with van der Waals surface area (Å²) in [5.41, 5.74) is 1.00. The fourth-order valence-corrected chi connectivity index (χ4v) is 3.89. The molecule has 160 valence electrons. The van der Waals surface area contributed by atoms with Crippen LogP contribution >= 0.6 is 0 Å². The number of amides is 1. The summed E-state index contributed by atoms with van der Waals surface area (Å²) in [7, 11) is 1.63. The lowest BCUT2D eigenvalue weighted by molar-refractivity contribution is -0.137. The topological polar surface area (TPSA) is 77.5 Å². The average molecular weight is 413 g/mol. The number of aliphatic hydroxyl groups excluding tert-OH is 1. The van der Waals surface area contributed by atoms with Crippen LogP contribution < -0.4 is 18.9 Å². The molecule has 30 heavy (non-hydrogen) atoms. The van der Waals surface area contributed by atoms with Crippen molar-refractivity contribution in [2.75, 3.05) is 33.4 Å². The average Bonchev–Trinajstić information content (AvgIpc) is 2.79. The molecule has 1 saturated heterocycles. The Morgan fingerprint density at radius 2 is 1.93 bits per heavy atom. The lowest BCUT2D eigenvalue weighted by Gasteiger charge is -2.36. The second-order valence-corrected chi connectivity index (χ2v) is 7.44. The fourth-order valence-electron chi connectivity index (χ4n) is 3.89. The van der Waals surface area contributed by atoms with Crippen molar-refractivity contribution in [2.45, 2.75) is 31.5 Å². The van der Waals surface area contributed by atoms with E-state index in [2.05, 4.69) is 0 Å². The molecule has 0 saturated carbocycles. The summed E-state index contributed by atoms with van der Waals surface area (Å²) in [5, 5.41) is 10.6. The highest BCUT2D eigenvalue weighted by atomic mass is 16.6. The van der Waals surface area contributed by atoms with Crippen LogP contribution in [0.1, 0.15) is 18.4 Å². The molecule has 1 N–H and O–H groups in total. The number of benzene rings is 2. The smallest absolute Gasteiger partial charge is 0.222 e. The van der Waals surface area contributed by atoms with Gasteiger partial charge in [-0.05, 0) is 30.2 Å². The number of β-amino-alcohol motifs (C(OH)–C–C–N with tert-alkyl or cyclic N) is 1. The van der Waals surface area contributed by atoms with Crippen molar-refractivity contribution in [2.24, 2.45) is 0 Å².